The highest BCUT2D eigenvalue weighted by molar-refractivity contribution is 14.1. The average molecular weight is 668 g/mol. The minimum Gasteiger partial charge on any atom is -0.198 e. The van der Waals surface area contributed by atoms with Crippen molar-refractivity contribution in [2.24, 2.45) is 0 Å². The minimum absolute atomic E-state index is 0.0113. The van der Waals surface area contributed by atoms with Gasteiger partial charge in [0.1, 0.15) is 7.85 Å². The van der Waals surface area contributed by atoms with Crippen LogP contribution in [0.25, 0.3) is 0 Å². The molecule has 0 bridgehead atoms. The second kappa shape index (κ2) is 7.24. The Morgan fingerprint density at radius 2 is 0.704 bits per heavy atom. The molecule has 18 heteroatoms. The lowest BCUT2D eigenvalue weighted by atomic mass is 9.92. The molecule has 27 heavy (non-hydrogen) atoms. The number of rotatable bonds is 6. The molecular weight excluding hydrogens is 666 g/mol. The van der Waals surface area contributed by atoms with Crippen molar-refractivity contribution in [1.82, 2.24) is 0 Å². The predicted molar refractivity (Wildman–Crippen MR) is 72.5 cm³/mol. The van der Waals surface area contributed by atoms with Crippen LogP contribution in [-0.4, -0.2) is 49.8 Å². The van der Waals surface area contributed by atoms with Crippen LogP contribution in [0.4, 0.5) is 70.2 Å². The van der Waals surface area contributed by atoms with E-state index in [0.717, 1.165) is 0 Å². The Balaban J connectivity index is 6.39. The van der Waals surface area contributed by atoms with Gasteiger partial charge >= 0.3 is 42.0 Å². The van der Waals surface area contributed by atoms with Crippen LogP contribution in [0.1, 0.15) is 0 Å². The first-order chi connectivity index (χ1) is 11.3. The third-order valence-corrected chi connectivity index (χ3v) is 7.18. The van der Waals surface area contributed by atoms with Crippen molar-refractivity contribution >= 4 is 45.2 Å². The van der Waals surface area contributed by atoms with E-state index < -0.39 is 49.8 Å². The molecule has 0 nitrogen and oxygen atoms in total. The van der Waals surface area contributed by atoms with Crippen LogP contribution in [0, 0.1) is 0 Å². The van der Waals surface area contributed by atoms with Crippen molar-refractivity contribution < 1.29 is 70.2 Å². The Bertz CT molecular complexity index is 531. The van der Waals surface area contributed by atoms with E-state index in [-0.39, 0.29) is 45.2 Å². The number of hydrogen-bond donors (Lipinski definition) is 0. The van der Waals surface area contributed by atoms with Crippen LogP contribution >= 0.6 is 45.2 Å². The van der Waals surface area contributed by atoms with E-state index in [1.165, 1.54) is 0 Å². The highest BCUT2D eigenvalue weighted by Gasteiger charge is 2.91. The summed E-state index contributed by atoms with van der Waals surface area (Å²) in [5.74, 6) is -38.7. The molecule has 0 fully saturated rings. The molecule has 0 saturated heterocycles. The molecule has 0 aliphatic heterocycles. The summed E-state index contributed by atoms with van der Waals surface area (Å²) in [5, 5.41) is 0. The van der Waals surface area contributed by atoms with Crippen LogP contribution in [-0.2, 0) is 0 Å². The maximum Gasteiger partial charge on any atom is 0.460 e. The van der Waals surface area contributed by atoms with Gasteiger partial charge in [0.05, 0.1) is 0 Å². The van der Waals surface area contributed by atoms with Gasteiger partial charge < -0.3 is 0 Å². The zero-order valence-electron chi connectivity index (χ0n) is 11.5. The first-order valence-electron chi connectivity index (χ1n) is 5.62. The summed E-state index contributed by atoms with van der Waals surface area (Å²) in [7, 11) is 0. The molecule has 0 N–H and O–H groups in total. The molecule has 0 aliphatic rings. The lowest BCUT2D eigenvalue weighted by Crippen LogP contribution is -2.71. The lowest BCUT2D eigenvalue weighted by molar-refractivity contribution is -0.439. The van der Waals surface area contributed by atoms with Crippen LogP contribution in [0.3, 0.4) is 0 Å². The van der Waals surface area contributed by atoms with Crippen LogP contribution in [0.5, 0.6) is 0 Å². The van der Waals surface area contributed by atoms with Crippen LogP contribution in [0.2, 0.25) is 0 Å². The molecule has 2 unspecified atom stereocenters. The van der Waals surface area contributed by atoms with Gasteiger partial charge in [-0.15, -0.1) is 0 Å². The van der Waals surface area contributed by atoms with Gasteiger partial charge in [0.25, 0.3) is 0 Å². The molecule has 0 rings (SSSR count). The fourth-order valence-electron chi connectivity index (χ4n) is 1.30. The Morgan fingerprint density at radius 1 is 0.407 bits per heavy atom. The summed E-state index contributed by atoms with van der Waals surface area (Å²) in [4.78, 5) is 0. The molecule has 164 valence electrons. The Morgan fingerprint density at radius 3 is 0.963 bits per heavy atom. The molecule has 0 aromatic carbocycles. The zero-order valence-corrected chi connectivity index (χ0v) is 15.8. The second-order valence-corrected chi connectivity index (χ2v) is 7.45. The van der Waals surface area contributed by atoms with Gasteiger partial charge in [-0.2, -0.15) is 70.2 Å². The van der Waals surface area contributed by atoms with Gasteiger partial charge in [-0.25, -0.2) is 0 Å². The van der Waals surface area contributed by atoms with E-state index in [1.807, 2.05) is 0 Å². The summed E-state index contributed by atoms with van der Waals surface area (Å²) < 4.78 is 196. The summed E-state index contributed by atoms with van der Waals surface area (Å²) in [6.45, 7) is 0. The number of halogens is 18. The van der Waals surface area contributed by atoms with Crippen molar-refractivity contribution in [2.45, 2.75) is 49.8 Å². The van der Waals surface area contributed by atoms with Gasteiger partial charge in [0.15, 0.2) is 0 Å². The molecule has 0 aromatic rings. The van der Waals surface area contributed by atoms with E-state index in [4.69, 9.17) is 0 Å². The van der Waals surface area contributed by atoms with Crippen LogP contribution < -0.4 is 0 Å². The topological polar surface area (TPSA) is 0 Å². The number of alkyl halides is 18. The molecule has 0 aromatic heterocycles. The smallest absolute Gasteiger partial charge is 0.198 e. The fraction of sp³-hybridized carbons (Fsp3) is 1.00. The molecule has 2 atom stereocenters. The zero-order chi connectivity index (χ0) is 22.7. The van der Waals surface area contributed by atoms with Crippen LogP contribution in [0.15, 0.2) is 0 Å². The predicted octanol–water partition coefficient (Wildman–Crippen LogP) is 6.89. The van der Waals surface area contributed by atoms with Gasteiger partial charge in [-0.3, -0.25) is 0 Å². The second-order valence-electron chi connectivity index (χ2n) is 4.76. The molecule has 0 radical (unpaired) electrons. The van der Waals surface area contributed by atoms with Gasteiger partial charge in [0, 0.05) is 0 Å². The Kier molecular flexibility index (Phi) is 7.33. The monoisotopic (exact) mass is 668 g/mol. The molecule has 0 spiro atoms. The quantitative estimate of drug-likeness (QED) is 0.164. The highest BCUT2D eigenvalue weighted by atomic mass is 127. The average Bonchev–Trinajstić information content (AvgIpc) is 2.42. The van der Waals surface area contributed by atoms with Crippen molar-refractivity contribution in [3.63, 3.8) is 0 Å². The number of hydrogen-bond acceptors (Lipinski definition) is 0. The summed E-state index contributed by atoms with van der Waals surface area (Å²) in [5.41, 5.74) is 0. The standard InChI is InChI=1S/C9H2F16I2/c10-3(11,1(26)2(27)4(12,13)14)5(15,16)6(17,18)7(19,20)8(21,22)9(23,24)25/h1-2H. The van der Waals surface area contributed by atoms with Crippen molar-refractivity contribution in [1.29, 1.82) is 0 Å². The minimum atomic E-state index is -8.14. The molecule has 0 saturated carbocycles. The van der Waals surface area contributed by atoms with Gasteiger partial charge in [-0.05, 0) is 0 Å². The maximum atomic E-state index is 13.5. The highest BCUT2D eigenvalue weighted by Crippen LogP contribution is 2.62. The largest absolute Gasteiger partial charge is 0.460 e. The molecule has 0 heterocycles. The summed E-state index contributed by atoms with van der Waals surface area (Å²) in [6, 6.07) is 0. The fourth-order valence-corrected chi connectivity index (χ4v) is 2.55. The summed E-state index contributed by atoms with van der Waals surface area (Å²) >= 11 is -0.168. The van der Waals surface area contributed by atoms with E-state index in [9.17, 15) is 70.2 Å². The van der Waals surface area contributed by atoms with E-state index >= 15 is 0 Å². The van der Waals surface area contributed by atoms with Crippen molar-refractivity contribution in [3.8, 4) is 0 Å². The summed E-state index contributed by atoms with van der Waals surface area (Å²) in [6.07, 6.45) is -13.3. The Hall–Kier alpha value is 0.340. The first-order valence-corrected chi connectivity index (χ1v) is 8.11. The van der Waals surface area contributed by atoms with Crippen molar-refractivity contribution in [3.05, 3.63) is 0 Å². The van der Waals surface area contributed by atoms with E-state index in [2.05, 4.69) is 0 Å². The normalized spacial score (nSPS) is 18.4. The maximum absolute atomic E-state index is 13.5. The molecular formula is C9H2F16I2. The first kappa shape index (κ1) is 27.3. The third kappa shape index (κ3) is 4.15. The Labute approximate surface area is 165 Å². The van der Waals surface area contributed by atoms with Crippen molar-refractivity contribution in [2.75, 3.05) is 0 Å². The van der Waals surface area contributed by atoms with Gasteiger partial charge in [-0.1, -0.05) is 45.2 Å². The lowest BCUT2D eigenvalue weighted by Gasteiger charge is -2.41. The van der Waals surface area contributed by atoms with Gasteiger partial charge in [0.2, 0.25) is 0 Å². The molecule has 0 aliphatic carbocycles. The van der Waals surface area contributed by atoms with E-state index in [1.54, 1.807) is 0 Å². The molecule has 0 amide bonds. The SMILES string of the molecule is FC(F)(F)C(I)C(I)C(F)(F)C(F)(F)C(F)(F)C(F)(F)C(F)(F)C(F)(F)F. The van der Waals surface area contributed by atoms with E-state index in [0.29, 0.717) is 0 Å². The third-order valence-electron chi connectivity index (χ3n) is 2.87.